The minimum atomic E-state index is -4.22. The van der Waals surface area contributed by atoms with E-state index in [2.05, 4.69) is 55.5 Å². The number of anilines is 1. The number of piperidine rings is 1. The lowest BCUT2D eigenvalue weighted by molar-refractivity contribution is -0.134. The molecule has 2 N–H and O–H groups in total. The average molecular weight is 563 g/mol. The van der Waals surface area contributed by atoms with Gasteiger partial charge in [-0.15, -0.1) is 0 Å². The zero-order valence-electron chi connectivity index (χ0n) is 23.2. The third-order valence-electron chi connectivity index (χ3n) is 7.59. The van der Waals surface area contributed by atoms with Crippen molar-refractivity contribution >= 4 is 22.8 Å². The van der Waals surface area contributed by atoms with Gasteiger partial charge in [-0.2, -0.15) is 23.5 Å². The molecule has 41 heavy (non-hydrogen) atoms. The molecule has 1 aromatic carbocycles. The van der Waals surface area contributed by atoms with Crippen LogP contribution in [0, 0.1) is 18.3 Å². The first kappa shape index (κ1) is 28.4. The zero-order valence-corrected chi connectivity index (χ0v) is 23.2. The Labute approximate surface area is 236 Å². The van der Waals surface area contributed by atoms with E-state index >= 15 is 0 Å². The van der Waals surface area contributed by atoms with Crippen molar-refractivity contribution in [3.63, 3.8) is 0 Å². The molecule has 4 heterocycles. The first-order chi connectivity index (χ1) is 19.7. The second kappa shape index (κ2) is 12.1. The molecular weight excluding hydrogens is 529 g/mol. The summed E-state index contributed by atoms with van der Waals surface area (Å²) in [6.07, 6.45) is 3.57. The van der Waals surface area contributed by atoms with E-state index in [1.807, 2.05) is 23.8 Å². The summed E-state index contributed by atoms with van der Waals surface area (Å²) < 4.78 is 40.3. The fourth-order valence-electron chi connectivity index (χ4n) is 5.40. The molecule has 0 bridgehead atoms. The Balaban J connectivity index is 1.23. The van der Waals surface area contributed by atoms with Gasteiger partial charge in [0, 0.05) is 66.5 Å². The monoisotopic (exact) mass is 562 g/mol. The van der Waals surface area contributed by atoms with E-state index in [0.717, 1.165) is 48.9 Å². The highest BCUT2D eigenvalue weighted by molar-refractivity contribution is 5.86. The number of hydrogen-bond acceptors (Lipinski definition) is 6. The number of allylic oxidation sites excluding steroid dienone is 1. The van der Waals surface area contributed by atoms with Crippen LogP contribution in [0.1, 0.15) is 60.1 Å². The SMILES string of the molecule is C/C=C/c1nc(CCC(F)(F)F)cc(NC2CCN(Cc3ccc4c(cc(C#N)n4Cc4cn[nH]c4)c3C)CC2)n1. The number of alkyl halides is 3. The summed E-state index contributed by atoms with van der Waals surface area (Å²) in [5, 5.41) is 21.1. The number of nitrogens with one attached hydrogen (secondary N) is 2. The number of hydrogen-bond donors (Lipinski definition) is 2. The lowest BCUT2D eigenvalue weighted by atomic mass is 10.0. The minimum Gasteiger partial charge on any atom is -0.367 e. The number of nitrogens with zero attached hydrogens (tertiary/aromatic N) is 6. The van der Waals surface area contributed by atoms with E-state index in [-0.39, 0.29) is 12.5 Å². The van der Waals surface area contributed by atoms with Crippen LogP contribution >= 0.6 is 0 Å². The number of fused-ring (bicyclic) bond motifs is 1. The minimum absolute atomic E-state index is 0.171. The molecule has 0 spiro atoms. The number of aromatic nitrogens is 5. The van der Waals surface area contributed by atoms with Crippen LogP contribution in [0.3, 0.4) is 0 Å². The maximum Gasteiger partial charge on any atom is 0.389 e. The predicted molar refractivity (Wildman–Crippen MR) is 152 cm³/mol. The van der Waals surface area contributed by atoms with E-state index in [4.69, 9.17) is 0 Å². The van der Waals surface area contributed by atoms with Crippen LogP contribution in [-0.2, 0) is 19.5 Å². The molecule has 214 valence electrons. The van der Waals surface area contributed by atoms with Gasteiger partial charge in [0.2, 0.25) is 0 Å². The van der Waals surface area contributed by atoms with Crippen molar-refractivity contribution in [3.8, 4) is 6.07 Å². The molecule has 0 radical (unpaired) electrons. The fourth-order valence-corrected chi connectivity index (χ4v) is 5.40. The Kier molecular flexibility index (Phi) is 8.40. The van der Waals surface area contributed by atoms with Crippen LogP contribution in [0.2, 0.25) is 0 Å². The first-order valence-corrected chi connectivity index (χ1v) is 13.8. The maximum absolute atomic E-state index is 12.8. The highest BCUT2D eigenvalue weighted by atomic mass is 19.4. The Morgan fingerprint density at radius 2 is 1.98 bits per heavy atom. The number of nitriles is 1. The van der Waals surface area contributed by atoms with Crippen molar-refractivity contribution in [1.82, 2.24) is 29.6 Å². The van der Waals surface area contributed by atoms with Crippen LogP contribution in [0.4, 0.5) is 19.0 Å². The molecule has 0 amide bonds. The van der Waals surface area contributed by atoms with Gasteiger partial charge in [-0.25, -0.2) is 9.97 Å². The van der Waals surface area contributed by atoms with Gasteiger partial charge in [0.15, 0.2) is 5.82 Å². The Morgan fingerprint density at radius 1 is 1.17 bits per heavy atom. The smallest absolute Gasteiger partial charge is 0.367 e. The van der Waals surface area contributed by atoms with Crippen LogP contribution in [-0.4, -0.2) is 54.9 Å². The molecule has 1 saturated heterocycles. The van der Waals surface area contributed by atoms with Crippen LogP contribution in [0.5, 0.6) is 0 Å². The van der Waals surface area contributed by atoms with Gasteiger partial charge in [0.1, 0.15) is 17.6 Å². The van der Waals surface area contributed by atoms with Crippen molar-refractivity contribution in [2.75, 3.05) is 18.4 Å². The standard InChI is InChI=1S/C30H33F3N8/c1-3-4-28-38-24(7-10-30(31,32)33)13-29(39-28)37-23-8-11-40(12-9-23)19-22-5-6-27-26(20(22)2)14-25(15-34)41(27)18-21-16-35-36-17-21/h3-6,13-14,16-17,23H,7-12,18-19H2,1-2H3,(H,35,36)(H,37,38,39)/b4-3+. The van der Waals surface area contributed by atoms with Crippen LogP contribution < -0.4 is 5.32 Å². The van der Waals surface area contributed by atoms with Gasteiger partial charge >= 0.3 is 6.18 Å². The Morgan fingerprint density at radius 3 is 2.66 bits per heavy atom. The highest BCUT2D eigenvalue weighted by Gasteiger charge is 2.27. The molecule has 5 rings (SSSR count). The fraction of sp³-hybridized carbons (Fsp3) is 0.400. The number of aromatic amines is 1. The summed E-state index contributed by atoms with van der Waals surface area (Å²) in [5.74, 6) is 0.981. The van der Waals surface area contributed by atoms with Gasteiger partial charge in [-0.3, -0.25) is 10.00 Å². The number of benzene rings is 1. The third-order valence-corrected chi connectivity index (χ3v) is 7.59. The number of aryl methyl sites for hydroxylation is 2. The maximum atomic E-state index is 12.8. The van der Waals surface area contributed by atoms with Crippen LogP contribution in [0.15, 0.2) is 42.7 Å². The molecule has 0 atom stereocenters. The quantitative estimate of drug-likeness (QED) is 0.260. The molecule has 0 unspecified atom stereocenters. The highest BCUT2D eigenvalue weighted by Crippen LogP contribution is 2.28. The summed E-state index contributed by atoms with van der Waals surface area (Å²) in [6.45, 7) is 7.09. The molecule has 1 aliphatic heterocycles. The molecule has 11 heteroatoms. The molecule has 4 aromatic rings. The number of rotatable bonds is 9. The molecule has 1 aliphatic rings. The molecule has 0 saturated carbocycles. The number of H-pyrrole nitrogens is 1. The van der Waals surface area contributed by atoms with Gasteiger partial charge in [-0.05, 0) is 62.4 Å². The summed E-state index contributed by atoms with van der Waals surface area (Å²) in [6, 6.07) is 10.4. The normalized spacial score (nSPS) is 15.1. The predicted octanol–water partition coefficient (Wildman–Crippen LogP) is 5.99. The van der Waals surface area contributed by atoms with Crippen LogP contribution in [0.25, 0.3) is 17.0 Å². The summed E-state index contributed by atoms with van der Waals surface area (Å²) in [4.78, 5) is 11.2. The van der Waals surface area contributed by atoms with Crippen molar-refractivity contribution in [1.29, 1.82) is 5.26 Å². The van der Waals surface area contributed by atoms with Gasteiger partial charge in [-0.1, -0.05) is 12.1 Å². The molecule has 0 aliphatic carbocycles. The lowest BCUT2D eigenvalue weighted by Crippen LogP contribution is -2.39. The van der Waals surface area contributed by atoms with E-state index in [1.54, 1.807) is 24.4 Å². The van der Waals surface area contributed by atoms with Crippen molar-refractivity contribution in [2.24, 2.45) is 0 Å². The van der Waals surface area contributed by atoms with Gasteiger partial charge < -0.3 is 9.88 Å². The molecule has 1 fully saturated rings. The summed E-state index contributed by atoms with van der Waals surface area (Å²) in [7, 11) is 0. The number of halogens is 3. The van der Waals surface area contributed by atoms with Crippen molar-refractivity contribution in [2.45, 2.75) is 64.8 Å². The van der Waals surface area contributed by atoms with Crippen molar-refractivity contribution < 1.29 is 13.2 Å². The van der Waals surface area contributed by atoms with E-state index in [1.165, 1.54) is 11.1 Å². The van der Waals surface area contributed by atoms with Gasteiger partial charge in [0.25, 0.3) is 0 Å². The second-order valence-electron chi connectivity index (χ2n) is 10.5. The van der Waals surface area contributed by atoms with E-state index < -0.39 is 12.6 Å². The Bertz CT molecular complexity index is 1560. The number of likely N-dealkylation sites (tertiary alicyclic amines) is 1. The first-order valence-electron chi connectivity index (χ1n) is 13.8. The van der Waals surface area contributed by atoms with Gasteiger partial charge in [0.05, 0.1) is 12.7 Å². The zero-order chi connectivity index (χ0) is 29.0. The van der Waals surface area contributed by atoms with Crippen molar-refractivity contribution in [3.05, 3.63) is 76.6 Å². The topological polar surface area (TPSA) is 98.5 Å². The Hall–Kier alpha value is -4.17. The molecule has 3 aromatic heterocycles. The summed E-state index contributed by atoms with van der Waals surface area (Å²) >= 11 is 0. The largest absolute Gasteiger partial charge is 0.389 e. The van der Waals surface area contributed by atoms with E-state index in [9.17, 15) is 18.4 Å². The lowest BCUT2D eigenvalue weighted by Gasteiger charge is -2.33. The molecular formula is C30H33F3N8. The second-order valence-corrected chi connectivity index (χ2v) is 10.5. The average Bonchev–Trinajstić information content (AvgIpc) is 3.58. The molecule has 8 nitrogen and oxygen atoms in total. The van der Waals surface area contributed by atoms with E-state index in [0.29, 0.717) is 29.6 Å². The summed E-state index contributed by atoms with van der Waals surface area (Å²) in [5.41, 5.74) is 5.45. The third kappa shape index (κ3) is 6.95.